The van der Waals surface area contributed by atoms with Gasteiger partial charge in [-0.25, -0.2) is 8.42 Å². The molecule has 2 aromatic rings. The Morgan fingerprint density at radius 1 is 0.750 bits per heavy atom. The van der Waals surface area contributed by atoms with Gasteiger partial charge in [0.2, 0.25) is 10.0 Å². The summed E-state index contributed by atoms with van der Waals surface area (Å²) in [6.45, 7) is 3.91. The number of anilines is 2. The molecular weight excluding hydrogens is 421 g/mol. The molecule has 1 aromatic carbocycles. The molecule has 0 saturated carbocycles. The first-order valence-electron chi connectivity index (χ1n) is 9.24. The van der Waals surface area contributed by atoms with Gasteiger partial charge in [-0.3, -0.25) is 0 Å². The standard InChI is InChI=1S/C18H21Cl2N5O2S/c19-15-4-3-14(13-16(15)20)28(26,27)25-11-9-24(10-12-25)18-6-5-17(21-22-18)23-7-1-2-8-23/h3-6,13H,1-2,7-12H2. The first-order chi connectivity index (χ1) is 13.4. The largest absolute Gasteiger partial charge is 0.355 e. The molecule has 2 fully saturated rings. The van der Waals surface area contributed by atoms with Gasteiger partial charge < -0.3 is 9.80 Å². The maximum absolute atomic E-state index is 12.9. The summed E-state index contributed by atoms with van der Waals surface area (Å²) in [5.74, 6) is 1.68. The van der Waals surface area contributed by atoms with Crippen LogP contribution in [0.15, 0.2) is 35.2 Å². The molecule has 0 radical (unpaired) electrons. The van der Waals surface area contributed by atoms with Crippen LogP contribution in [0.5, 0.6) is 0 Å². The Hall–Kier alpha value is -1.61. The zero-order chi connectivity index (χ0) is 19.7. The van der Waals surface area contributed by atoms with Crippen molar-refractivity contribution in [3.63, 3.8) is 0 Å². The van der Waals surface area contributed by atoms with Gasteiger partial charge in [-0.1, -0.05) is 23.2 Å². The van der Waals surface area contributed by atoms with Crippen molar-refractivity contribution in [2.45, 2.75) is 17.7 Å². The number of nitrogens with zero attached hydrogens (tertiary/aromatic N) is 5. The van der Waals surface area contributed by atoms with Crippen molar-refractivity contribution in [2.24, 2.45) is 0 Å². The summed E-state index contributed by atoms with van der Waals surface area (Å²) in [5, 5.41) is 9.26. The molecule has 2 aliphatic heterocycles. The van der Waals surface area contributed by atoms with E-state index in [1.165, 1.54) is 35.3 Å². The quantitative estimate of drug-likeness (QED) is 0.726. The zero-order valence-electron chi connectivity index (χ0n) is 15.3. The molecule has 0 N–H and O–H groups in total. The molecule has 0 unspecified atom stereocenters. The summed E-state index contributed by atoms with van der Waals surface area (Å²) < 4.78 is 27.2. The molecule has 0 bridgehead atoms. The number of aromatic nitrogens is 2. The molecule has 0 spiro atoms. The van der Waals surface area contributed by atoms with Crippen LogP contribution in [0.3, 0.4) is 0 Å². The molecule has 2 saturated heterocycles. The number of piperazine rings is 1. The van der Waals surface area contributed by atoms with E-state index < -0.39 is 10.0 Å². The van der Waals surface area contributed by atoms with E-state index in [4.69, 9.17) is 23.2 Å². The molecule has 3 heterocycles. The van der Waals surface area contributed by atoms with Crippen LogP contribution < -0.4 is 9.80 Å². The fraction of sp³-hybridized carbons (Fsp3) is 0.444. The lowest BCUT2D eigenvalue weighted by molar-refractivity contribution is 0.383. The number of rotatable bonds is 4. The highest BCUT2D eigenvalue weighted by Gasteiger charge is 2.29. The van der Waals surface area contributed by atoms with E-state index >= 15 is 0 Å². The number of hydrogen-bond acceptors (Lipinski definition) is 6. The van der Waals surface area contributed by atoms with E-state index in [0.29, 0.717) is 31.2 Å². The second kappa shape index (κ2) is 8.02. The van der Waals surface area contributed by atoms with E-state index in [-0.39, 0.29) is 9.92 Å². The Kier molecular flexibility index (Phi) is 5.64. The minimum Gasteiger partial charge on any atom is -0.355 e. The first-order valence-corrected chi connectivity index (χ1v) is 11.4. The van der Waals surface area contributed by atoms with Gasteiger partial charge in [0.05, 0.1) is 14.9 Å². The Balaban J connectivity index is 1.41. The van der Waals surface area contributed by atoms with Crippen LogP contribution in [0.1, 0.15) is 12.8 Å². The molecule has 0 atom stereocenters. The molecule has 150 valence electrons. The SMILES string of the molecule is O=S(=O)(c1ccc(Cl)c(Cl)c1)N1CCN(c2ccc(N3CCCC3)nn2)CC1. The molecule has 28 heavy (non-hydrogen) atoms. The normalized spacial score (nSPS) is 18.6. The van der Waals surface area contributed by atoms with Crippen molar-refractivity contribution in [2.75, 3.05) is 49.1 Å². The molecule has 10 heteroatoms. The number of halogens is 2. The Bertz CT molecular complexity index is 941. The third-order valence-corrected chi connectivity index (χ3v) is 7.79. The van der Waals surface area contributed by atoms with Gasteiger partial charge >= 0.3 is 0 Å². The van der Waals surface area contributed by atoms with Gasteiger partial charge in [-0.2, -0.15) is 4.31 Å². The van der Waals surface area contributed by atoms with Gasteiger partial charge in [0, 0.05) is 39.3 Å². The number of hydrogen-bond donors (Lipinski definition) is 0. The molecular formula is C18H21Cl2N5O2S. The lowest BCUT2D eigenvalue weighted by Crippen LogP contribution is -2.49. The molecule has 0 amide bonds. The monoisotopic (exact) mass is 441 g/mol. The van der Waals surface area contributed by atoms with Crippen molar-refractivity contribution in [3.05, 3.63) is 40.4 Å². The molecule has 1 aromatic heterocycles. The van der Waals surface area contributed by atoms with Gasteiger partial charge in [-0.05, 0) is 43.2 Å². The van der Waals surface area contributed by atoms with E-state index in [2.05, 4.69) is 20.0 Å². The predicted octanol–water partition coefficient (Wildman–Crippen LogP) is 2.89. The van der Waals surface area contributed by atoms with Crippen molar-refractivity contribution in [1.29, 1.82) is 0 Å². The Morgan fingerprint density at radius 3 is 1.86 bits per heavy atom. The summed E-state index contributed by atoms with van der Waals surface area (Å²) in [6, 6.07) is 8.34. The van der Waals surface area contributed by atoms with Crippen molar-refractivity contribution in [1.82, 2.24) is 14.5 Å². The maximum Gasteiger partial charge on any atom is 0.243 e. The Labute approximate surface area is 174 Å². The molecule has 0 aliphatic carbocycles. The van der Waals surface area contributed by atoms with Crippen molar-refractivity contribution < 1.29 is 8.42 Å². The average molecular weight is 442 g/mol. The lowest BCUT2D eigenvalue weighted by atomic mass is 10.3. The molecule has 7 nitrogen and oxygen atoms in total. The van der Waals surface area contributed by atoms with E-state index in [1.807, 2.05) is 12.1 Å². The fourth-order valence-electron chi connectivity index (χ4n) is 3.55. The predicted molar refractivity (Wildman–Crippen MR) is 111 cm³/mol. The van der Waals surface area contributed by atoms with Gasteiger partial charge in [0.15, 0.2) is 11.6 Å². The minimum atomic E-state index is -3.60. The second-order valence-electron chi connectivity index (χ2n) is 6.91. The third-order valence-electron chi connectivity index (χ3n) is 5.16. The van der Waals surface area contributed by atoms with Crippen LogP contribution in [0.4, 0.5) is 11.6 Å². The maximum atomic E-state index is 12.9. The summed E-state index contributed by atoms with van der Waals surface area (Å²) >= 11 is 11.9. The van der Waals surface area contributed by atoms with Crippen LogP contribution in [0.2, 0.25) is 10.0 Å². The van der Waals surface area contributed by atoms with Crippen LogP contribution >= 0.6 is 23.2 Å². The van der Waals surface area contributed by atoms with Gasteiger partial charge in [0.1, 0.15) is 0 Å². The molecule has 4 rings (SSSR count). The van der Waals surface area contributed by atoms with Gasteiger partial charge in [0.25, 0.3) is 0 Å². The summed E-state index contributed by atoms with van der Waals surface area (Å²) in [5.41, 5.74) is 0. The highest BCUT2D eigenvalue weighted by Crippen LogP contribution is 2.27. The minimum absolute atomic E-state index is 0.158. The Morgan fingerprint density at radius 2 is 1.32 bits per heavy atom. The summed E-state index contributed by atoms with van der Waals surface area (Å²) in [6.07, 6.45) is 2.39. The third kappa shape index (κ3) is 3.91. The lowest BCUT2D eigenvalue weighted by Gasteiger charge is -2.34. The topological polar surface area (TPSA) is 69.6 Å². The number of benzene rings is 1. The van der Waals surface area contributed by atoms with Crippen LogP contribution in [-0.2, 0) is 10.0 Å². The van der Waals surface area contributed by atoms with Crippen LogP contribution in [0, 0.1) is 0 Å². The second-order valence-corrected chi connectivity index (χ2v) is 9.66. The van der Waals surface area contributed by atoms with Crippen molar-refractivity contribution >= 4 is 44.9 Å². The highest BCUT2D eigenvalue weighted by molar-refractivity contribution is 7.89. The van der Waals surface area contributed by atoms with E-state index in [9.17, 15) is 8.42 Å². The smallest absolute Gasteiger partial charge is 0.243 e. The van der Waals surface area contributed by atoms with E-state index in [0.717, 1.165) is 24.7 Å². The first kappa shape index (κ1) is 19.7. The van der Waals surface area contributed by atoms with Crippen LogP contribution in [0.25, 0.3) is 0 Å². The van der Waals surface area contributed by atoms with Crippen molar-refractivity contribution in [3.8, 4) is 0 Å². The highest BCUT2D eigenvalue weighted by atomic mass is 35.5. The fourth-order valence-corrected chi connectivity index (χ4v) is 5.36. The van der Waals surface area contributed by atoms with Crippen LogP contribution in [-0.4, -0.2) is 62.2 Å². The molecule has 2 aliphatic rings. The van der Waals surface area contributed by atoms with Gasteiger partial charge in [-0.15, -0.1) is 10.2 Å². The average Bonchev–Trinajstić information content (AvgIpc) is 3.25. The zero-order valence-corrected chi connectivity index (χ0v) is 17.6. The summed E-state index contributed by atoms with van der Waals surface area (Å²) in [7, 11) is -3.60. The van der Waals surface area contributed by atoms with E-state index in [1.54, 1.807) is 0 Å². The summed E-state index contributed by atoms with van der Waals surface area (Å²) in [4.78, 5) is 4.45. The number of sulfonamides is 1.